The number of amides is 1. The molecule has 0 unspecified atom stereocenters. The molecule has 1 fully saturated rings. The molecule has 0 radical (unpaired) electrons. The number of nitrogens with one attached hydrogen (secondary N) is 1. The summed E-state index contributed by atoms with van der Waals surface area (Å²) in [5.74, 6) is 0.342. The van der Waals surface area contributed by atoms with Gasteiger partial charge in [0.05, 0.1) is 5.69 Å². The lowest BCUT2D eigenvalue weighted by atomic mass is 9.98. The van der Waals surface area contributed by atoms with Gasteiger partial charge < -0.3 is 9.84 Å². The summed E-state index contributed by atoms with van der Waals surface area (Å²) in [6, 6.07) is 3.63. The maximum atomic E-state index is 12.7. The highest BCUT2D eigenvalue weighted by atomic mass is 16.5. The van der Waals surface area contributed by atoms with Gasteiger partial charge in [0.25, 0.3) is 5.91 Å². The Balaban J connectivity index is 1.74. The van der Waals surface area contributed by atoms with Gasteiger partial charge in [0.2, 0.25) is 0 Å². The minimum absolute atomic E-state index is 0.196. The topological polar surface area (TPSA) is 85.3 Å². The second-order valence-corrected chi connectivity index (χ2v) is 6.90. The third-order valence-electron chi connectivity index (χ3n) is 4.64. The van der Waals surface area contributed by atoms with Gasteiger partial charge in [-0.15, -0.1) is 0 Å². The van der Waals surface area contributed by atoms with E-state index in [0.29, 0.717) is 28.6 Å². The Kier molecular flexibility index (Phi) is 3.19. The first kappa shape index (κ1) is 14.9. The van der Waals surface area contributed by atoms with Crippen LogP contribution in [0, 0.1) is 12.8 Å². The summed E-state index contributed by atoms with van der Waals surface area (Å²) in [6.07, 6.45) is 5.44. The molecular formula is C17H19N5O2. The fourth-order valence-corrected chi connectivity index (χ4v) is 3.02. The van der Waals surface area contributed by atoms with Crippen LogP contribution >= 0.6 is 0 Å². The van der Waals surface area contributed by atoms with Gasteiger partial charge in [-0.3, -0.25) is 9.20 Å². The fraction of sp³-hybridized carbons (Fsp3) is 0.412. The average Bonchev–Trinajstić information content (AvgIpc) is 3.09. The molecule has 1 aliphatic rings. The molecule has 0 saturated heterocycles. The zero-order valence-corrected chi connectivity index (χ0v) is 13.9. The first-order valence-electron chi connectivity index (χ1n) is 8.03. The van der Waals surface area contributed by atoms with Crippen molar-refractivity contribution in [3.63, 3.8) is 0 Å². The molecule has 1 saturated carbocycles. The van der Waals surface area contributed by atoms with E-state index in [4.69, 9.17) is 4.52 Å². The minimum Gasteiger partial charge on any atom is -0.364 e. The quantitative estimate of drug-likeness (QED) is 0.797. The molecule has 3 aromatic heterocycles. The smallest absolute Gasteiger partial charge is 0.274 e. The van der Waals surface area contributed by atoms with Crippen LogP contribution in [0.15, 0.2) is 29.2 Å². The summed E-state index contributed by atoms with van der Waals surface area (Å²) in [4.78, 5) is 21.6. The molecule has 0 aliphatic heterocycles. The second-order valence-electron chi connectivity index (χ2n) is 6.90. The normalized spacial score (nSPS) is 15.0. The molecule has 0 atom stereocenters. The average molecular weight is 325 g/mol. The van der Waals surface area contributed by atoms with E-state index in [2.05, 4.69) is 34.3 Å². The second kappa shape index (κ2) is 5.15. The van der Waals surface area contributed by atoms with Gasteiger partial charge in [-0.05, 0) is 45.6 Å². The van der Waals surface area contributed by atoms with Crippen molar-refractivity contribution < 1.29 is 9.32 Å². The van der Waals surface area contributed by atoms with Gasteiger partial charge >= 0.3 is 0 Å². The van der Waals surface area contributed by atoms with Crippen molar-refractivity contribution in [3.8, 4) is 11.4 Å². The lowest BCUT2D eigenvalue weighted by Gasteiger charge is -2.25. The van der Waals surface area contributed by atoms with E-state index < -0.39 is 0 Å². The Morgan fingerprint density at radius 1 is 1.38 bits per heavy atom. The Labute approximate surface area is 139 Å². The highest BCUT2D eigenvalue weighted by Gasteiger charge is 2.39. The van der Waals surface area contributed by atoms with E-state index >= 15 is 0 Å². The van der Waals surface area contributed by atoms with Crippen LogP contribution in [0.5, 0.6) is 0 Å². The van der Waals surface area contributed by atoms with Crippen molar-refractivity contribution in [2.45, 2.75) is 39.2 Å². The maximum absolute atomic E-state index is 12.7. The number of fused-ring (bicyclic) bond motifs is 1. The highest BCUT2D eigenvalue weighted by Crippen LogP contribution is 2.39. The molecular weight excluding hydrogens is 306 g/mol. The summed E-state index contributed by atoms with van der Waals surface area (Å²) >= 11 is 0. The van der Waals surface area contributed by atoms with E-state index in [1.165, 1.54) is 6.26 Å². The number of hydrogen-bond donors (Lipinski definition) is 1. The van der Waals surface area contributed by atoms with Gasteiger partial charge in [-0.25, -0.2) is 9.97 Å². The van der Waals surface area contributed by atoms with Crippen molar-refractivity contribution in [3.05, 3.63) is 36.1 Å². The Bertz CT molecular complexity index is 907. The van der Waals surface area contributed by atoms with Crippen LogP contribution < -0.4 is 5.32 Å². The van der Waals surface area contributed by atoms with Crippen LogP contribution in [0.25, 0.3) is 17.0 Å². The van der Waals surface area contributed by atoms with E-state index in [1.807, 2.05) is 17.4 Å². The Morgan fingerprint density at radius 2 is 2.17 bits per heavy atom. The molecule has 3 aromatic rings. The SMILES string of the molecule is Cc1cc(-c2ccon2)nc2c(C(=O)NC(C)(C)C3CC3)ncn12. The van der Waals surface area contributed by atoms with Crippen LogP contribution in [0.3, 0.4) is 0 Å². The van der Waals surface area contributed by atoms with Gasteiger partial charge in [0, 0.05) is 17.3 Å². The van der Waals surface area contributed by atoms with Crippen molar-refractivity contribution in [1.29, 1.82) is 0 Å². The summed E-state index contributed by atoms with van der Waals surface area (Å²) in [5, 5.41) is 7.01. The van der Waals surface area contributed by atoms with Crippen LogP contribution in [0.4, 0.5) is 0 Å². The zero-order valence-electron chi connectivity index (χ0n) is 13.9. The van der Waals surface area contributed by atoms with E-state index in [1.54, 1.807) is 12.4 Å². The molecule has 1 N–H and O–H groups in total. The van der Waals surface area contributed by atoms with E-state index in [-0.39, 0.29) is 11.4 Å². The minimum atomic E-state index is -0.230. The summed E-state index contributed by atoms with van der Waals surface area (Å²) in [6.45, 7) is 6.05. The van der Waals surface area contributed by atoms with Gasteiger partial charge in [-0.2, -0.15) is 0 Å². The number of aromatic nitrogens is 4. The van der Waals surface area contributed by atoms with Crippen LogP contribution in [-0.4, -0.2) is 31.0 Å². The lowest BCUT2D eigenvalue weighted by Crippen LogP contribution is -2.45. The van der Waals surface area contributed by atoms with Gasteiger partial charge in [-0.1, -0.05) is 5.16 Å². The molecule has 0 spiro atoms. The fourth-order valence-electron chi connectivity index (χ4n) is 3.02. The molecule has 0 bridgehead atoms. The first-order chi connectivity index (χ1) is 11.5. The zero-order chi connectivity index (χ0) is 16.9. The molecule has 1 aliphatic carbocycles. The molecule has 3 heterocycles. The van der Waals surface area contributed by atoms with Crippen LogP contribution in [0.1, 0.15) is 42.9 Å². The summed E-state index contributed by atoms with van der Waals surface area (Å²) in [5.41, 5.74) is 2.84. The molecule has 1 amide bonds. The van der Waals surface area contributed by atoms with E-state index in [9.17, 15) is 4.79 Å². The number of hydrogen-bond acceptors (Lipinski definition) is 5. The Morgan fingerprint density at radius 3 is 2.83 bits per heavy atom. The maximum Gasteiger partial charge on any atom is 0.274 e. The lowest BCUT2D eigenvalue weighted by molar-refractivity contribution is 0.0900. The predicted octanol–water partition coefficient (Wildman–Crippen LogP) is 2.61. The molecule has 124 valence electrons. The van der Waals surface area contributed by atoms with Crippen molar-refractivity contribution in [1.82, 2.24) is 24.8 Å². The Hall–Kier alpha value is -2.70. The van der Waals surface area contributed by atoms with Gasteiger partial charge in [0.1, 0.15) is 18.3 Å². The standard InChI is InChI=1S/C17H19N5O2/c1-10-8-13(12-6-7-24-21-12)19-15-14(18-9-22(10)15)16(23)20-17(2,3)11-4-5-11/h6-9,11H,4-5H2,1-3H3,(H,20,23). The third-order valence-corrected chi connectivity index (χ3v) is 4.64. The molecule has 4 rings (SSSR count). The summed E-state index contributed by atoms with van der Waals surface area (Å²) in [7, 11) is 0. The number of rotatable bonds is 4. The number of carbonyl (C=O) groups is 1. The van der Waals surface area contributed by atoms with E-state index in [0.717, 1.165) is 18.5 Å². The van der Waals surface area contributed by atoms with Crippen molar-refractivity contribution in [2.75, 3.05) is 0 Å². The molecule has 7 nitrogen and oxygen atoms in total. The first-order valence-corrected chi connectivity index (χ1v) is 8.03. The predicted molar refractivity (Wildman–Crippen MR) is 87.5 cm³/mol. The van der Waals surface area contributed by atoms with Crippen molar-refractivity contribution >= 4 is 11.6 Å². The number of aryl methyl sites for hydroxylation is 1. The monoisotopic (exact) mass is 325 g/mol. The highest BCUT2D eigenvalue weighted by molar-refractivity contribution is 5.98. The van der Waals surface area contributed by atoms with Crippen LogP contribution in [0.2, 0.25) is 0 Å². The third kappa shape index (κ3) is 2.46. The number of nitrogens with zero attached hydrogens (tertiary/aromatic N) is 4. The van der Waals surface area contributed by atoms with Crippen molar-refractivity contribution in [2.24, 2.45) is 5.92 Å². The molecule has 0 aromatic carbocycles. The number of imidazole rings is 1. The van der Waals surface area contributed by atoms with Crippen LogP contribution in [-0.2, 0) is 0 Å². The molecule has 7 heteroatoms. The molecule has 24 heavy (non-hydrogen) atoms. The van der Waals surface area contributed by atoms with Gasteiger partial charge in [0.15, 0.2) is 11.3 Å². The largest absolute Gasteiger partial charge is 0.364 e. The number of carbonyl (C=O) groups excluding carboxylic acids is 1. The summed E-state index contributed by atoms with van der Waals surface area (Å²) < 4.78 is 6.70.